The number of aromatic amines is 1. The van der Waals surface area contributed by atoms with E-state index in [4.69, 9.17) is 21.6 Å². The number of H-pyrrole nitrogens is 1. The molecule has 3 nitrogen and oxygen atoms in total. The summed E-state index contributed by atoms with van der Waals surface area (Å²) in [5.41, 5.74) is 15.1. The first-order chi connectivity index (χ1) is 24.7. The molecule has 0 aliphatic heterocycles. The van der Waals surface area contributed by atoms with Gasteiger partial charge >= 0.3 is 0 Å². The maximum Gasteiger partial charge on any atom is 0.156 e. The van der Waals surface area contributed by atoms with Crippen LogP contribution in [0.1, 0.15) is 0 Å². The highest BCUT2D eigenvalue weighted by atomic mass is 35.5. The summed E-state index contributed by atoms with van der Waals surface area (Å²) < 4.78 is 0. The molecule has 2 heterocycles. The second-order valence-electron chi connectivity index (χ2n) is 13.2. The Hall–Kier alpha value is -6.29. The van der Waals surface area contributed by atoms with Crippen molar-refractivity contribution in [3.05, 3.63) is 157 Å². The van der Waals surface area contributed by atoms with Crippen molar-refractivity contribution in [2.75, 3.05) is 0 Å². The Labute approximate surface area is 292 Å². The lowest BCUT2D eigenvalue weighted by atomic mass is 9.90. The zero-order chi connectivity index (χ0) is 32.9. The predicted molar refractivity (Wildman–Crippen MR) is 210 cm³/mol. The lowest BCUT2D eigenvalue weighted by Crippen LogP contribution is -1.93. The summed E-state index contributed by atoms with van der Waals surface area (Å²) in [5.74, 6) is 0. The number of hydrogen-bond donors (Lipinski definition) is 1. The van der Waals surface area contributed by atoms with E-state index in [2.05, 4.69) is 151 Å². The van der Waals surface area contributed by atoms with Crippen LogP contribution in [0.4, 0.5) is 0 Å². The summed E-state index contributed by atoms with van der Waals surface area (Å²) in [6.45, 7) is 0. The Morgan fingerprint density at radius 3 is 1.92 bits per heavy atom. The van der Waals surface area contributed by atoms with Gasteiger partial charge in [-0.1, -0.05) is 121 Å². The number of benzene rings is 8. The Balaban J connectivity index is 1.04. The van der Waals surface area contributed by atoms with Crippen molar-refractivity contribution in [2.24, 2.45) is 0 Å². The van der Waals surface area contributed by atoms with Crippen molar-refractivity contribution in [1.29, 1.82) is 0 Å². The van der Waals surface area contributed by atoms with Crippen LogP contribution in [0.15, 0.2) is 152 Å². The van der Waals surface area contributed by atoms with Gasteiger partial charge in [-0.3, -0.25) is 0 Å². The molecule has 8 aromatic carbocycles. The van der Waals surface area contributed by atoms with Gasteiger partial charge in [0.05, 0.1) is 11.0 Å². The highest BCUT2D eigenvalue weighted by Crippen LogP contribution is 2.49. The lowest BCUT2D eigenvalue weighted by molar-refractivity contribution is 1.29. The highest BCUT2D eigenvalue weighted by molar-refractivity contribution is 6.32. The molecule has 0 unspecified atom stereocenters. The molecule has 0 saturated heterocycles. The van der Waals surface area contributed by atoms with E-state index in [1.54, 1.807) is 0 Å². The molecule has 0 amide bonds. The molecule has 0 spiro atoms. The monoisotopic (exact) mass is 655 g/mol. The van der Waals surface area contributed by atoms with Crippen molar-refractivity contribution >= 4 is 66.0 Å². The minimum Gasteiger partial charge on any atom is -0.354 e. The van der Waals surface area contributed by atoms with E-state index in [1.165, 1.54) is 65.7 Å². The highest BCUT2D eigenvalue weighted by Gasteiger charge is 2.23. The predicted octanol–water partition coefficient (Wildman–Crippen LogP) is 12.9. The second-order valence-corrected chi connectivity index (χ2v) is 13.6. The number of nitrogens with zero attached hydrogens (tertiary/aromatic N) is 2. The summed E-state index contributed by atoms with van der Waals surface area (Å²) in [4.78, 5) is 13.6. The van der Waals surface area contributed by atoms with Crippen LogP contribution in [0.25, 0.3) is 110 Å². The van der Waals surface area contributed by atoms with E-state index in [0.29, 0.717) is 10.8 Å². The molecule has 0 fully saturated rings. The molecule has 0 atom stereocenters. The van der Waals surface area contributed by atoms with Crippen LogP contribution in [-0.2, 0) is 0 Å². The summed E-state index contributed by atoms with van der Waals surface area (Å²) in [7, 11) is 0. The summed E-state index contributed by atoms with van der Waals surface area (Å²) in [6.07, 6.45) is 0. The Bertz CT molecular complexity index is 3050. The molecule has 1 aliphatic carbocycles. The van der Waals surface area contributed by atoms with Crippen LogP contribution in [0.3, 0.4) is 0 Å². The minimum absolute atomic E-state index is 0.396. The van der Waals surface area contributed by atoms with Crippen LogP contribution in [0.5, 0.6) is 0 Å². The summed E-state index contributed by atoms with van der Waals surface area (Å²) >= 11 is 6.78. The van der Waals surface area contributed by atoms with Crippen molar-refractivity contribution in [3.63, 3.8) is 0 Å². The molecule has 1 aliphatic rings. The van der Waals surface area contributed by atoms with Crippen LogP contribution >= 0.6 is 11.6 Å². The van der Waals surface area contributed by atoms with Gasteiger partial charge in [0.25, 0.3) is 0 Å². The summed E-state index contributed by atoms with van der Waals surface area (Å²) in [6, 6.07) is 54.2. The molecular formula is C46H26ClN3. The van der Waals surface area contributed by atoms with E-state index in [9.17, 15) is 0 Å². The molecule has 0 bridgehead atoms. The first-order valence-electron chi connectivity index (χ1n) is 16.8. The van der Waals surface area contributed by atoms with Gasteiger partial charge in [-0.25, -0.2) is 9.97 Å². The first-order valence-corrected chi connectivity index (χ1v) is 17.2. The standard InChI is InChI=1S/C46H26ClN3/c47-46-45(28-15-12-27(13-16-28)30-17-14-26-6-1-2-7-29(26)22-30)49-41-25-31(18-20-38(41)50-46)33-23-32-19-21-40-44-42(32)37(24-33)35-9-4-3-8-34(35)36-10-5-11-39(48-40)43(36)44/h1-25,48H. The maximum atomic E-state index is 6.78. The molecule has 50 heavy (non-hydrogen) atoms. The number of halogens is 1. The van der Waals surface area contributed by atoms with Gasteiger partial charge in [-0.15, -0.1) is 0 Å². The fraction of sp³-hybridized carbons (Fsp3) is 0. The third-order valence-corrected chi connectivity index (χ3v) is 10.7. The molecule has 4 heteroatoms. The van der Waals surface area contributed by atoms with E-state index < -0.39 is 0 Å². The Kier molecular flexibility index (Phi) is 5.72. The molecule has 11 rings (SSSR count). The topological polar surface area (TPSA) is 41.6 Å². The molecule has 0 radical (unpaired) electrons. The second kappa shape index (κ2) is 10.4. The van der Waals surface area contributed by atoms with E-state index in [1.807, 2.05) is 6.07 Å². The average Bonchev–Trinajstić information content (AvgIpc) is 3.50. The average molecular weight is 656 g/mol. The largest absolute Gasteiger partial charge is 0.354 e. The normalized spacial score (nSPS) is 12.1. The molecule has 1 N–H and O–H groups in total. The number of fused-ring (bicyclic) bond motifs is 5. The van der Waals surface area contributed by atoms with Crippen LogP contribution in [-0.4, -0.2) is 15.0 Å². The number of nitrogens with one attached hydrogen (secondary N) is 1. The third kappa shape index (κ3) is 4.05. The van der Waals surface area contributed by atoms with Gasteiger partial charge in [0.2, 0.25) is 0 Å². The molecule has 2 aromatic heterocycles. The van der Waals surface area contributed by atoms with Crippen molar-refractivity contribution < 1.29 is 0 Å². The molecule has 0 saturated carbocycles. The smallest absolute Gasteiger partial charge is 0.156 e. The molecular weight excluding hydrogens is 630 g/mol. The van der Waals surface area contributed by atoms with E-state index in [-0.39, 0.29) is 0 Å². The zero-order valence-electron chi connectivity index (χ0n) is 26.7. The van der Waals surface area contributed by atoms with Gasteiger partial charge in [0, 0.05) is 27.4 Å². The van der Waals surface area contributed by atoms with Gasteiger partial charge in [0.1, 0.15) is 5.69 Å². The number of aromatic nitrogens is 3. The van der Waals surface area contributed by atoms with Gasteiger partial charge < -0.3 is 4.98 Å². The van der Waals surface area contributed by atoms with Crippen LogP contribution < -0.4 is 0 Å². The van der Waals surface area contributed by atoms with Crippen molar-refractivity contribution in [2.45, 2.75) is 0 Å². The number of rotatable bonds is 3. The third-order valence-electron chi connectivity index (χ3n) is 10.4. The SMILES string of the molecule is Clc1nc2ccc(-c3cc4c5c(ccc6[nH]c7cccc(c7c65)-c5ccccc5-4)c3)cc2nc1-c1ccc(-c2ccc3ccccc3c2)cc1. The van der Waals surface area contributed by atoms with Gasteiger partial charge in [0.15, 0.2) is 5.15 Å². The van der Waals surface area contributed by atoms with Crippen LogP contribution in [0.2, 0.25) is 5.15 Å². The molecule has 10 aromatic rings. The molecule has 232 valence electrons. The number of hydrogen-bond acceptors (Lipinski definition) is 2. The van der Waals surface area contributed by atoms with Crippen molar-refractivity contribution in [3.8, 4) is 55.8 Å². The Morgan fingerprint density at radius 1 is 0.380 bits per heavy atom. The Morgan fingerprint density at radius 2 is 1.04 bits per heavy atom. The fourth-order valence-corrected chi connectivity index (χ4v) is 8.29. The summed E-state index contributed by atoms with van der Waals surface area (Å²) in [5, 5.41) is 7.95. The zero-order valence-corrected chi connectivity index (χ0v) is 27.5. The van der Waals surface area contributed by atoms with Gasteiger partial charge in [-0.2, -0.15) is 0 Å². The van der Waals surface area contributed by atoms with Crippen molar-refractivity contribution in [1.82, 2.24) is 15.0 Å². The van der Waals surface area contributed by atoms with Gasteiger partial charge in [-0.05, 0) is 109 Å². The maximum absolute atomic E-state index is 6.78. The first kappa shape index (κ1) is 27.6. The fourth-order valence-electron chi connectivity index (χ4n) is 8.04. The van der Waals surface area contributed by atoms with E-state index in [0.717, 1.165) is 38.8 Å². The minimum atomic E-state index is 0.396. The lowest BCUT2D eigenvalue weighted by Gasteiger charge is -2.14. The van der Waals surface area contributed by atoms with Crippen LogP contribution in [0, 0.1) is 0 Å². The quantitative estimate of drug-likeness (QED) is 0.206. The van der Waals surface area contributed by atoms with E-state index >= 15 is 0 Å².